The molecule has 1 atom stereocenters. The van der Waals surface area contributed by atoms with Crippen LogP contribution >= 0.6 is 11.3 Å². The van der Waals surface area contributed by atoms with E-state index in [1.807, 2.05) is 29.8 Å². The SMILES string of the molecule is CCC(CO)(Cc1nccs1)c1ccccc1. The third-order valence-electron chi connectivity index (χ3n) is 3.34. The molecule has 0 saturated heterocycles. The third-order valence-corrected chi connectivity index (χ3v) is 4.12. The molecule has 0 radical (unpaired) electrons. The molecule has 1 aromatic carbocycles. The van der Waals surface area contributed by atoms with Crippen molar-refractivity contribution in [3.63, 3.8) is 0 Å². The summed E-state index contributed by atoms with van der Waals surface area (Å²) in [5, 5.41) is 12.9. The monoisotopic (exact) mass is 247 g/mol. The highest BCUT2D eigenvalue weighted by Gasteiger charge is 2.30. The first kappa shape index (κ1) is 12.3. The summed E-state index contributed by atoms with van der Waals surface area (Å²) in [4.78, 5) is 4.33. The Morgan fingerprint density at radius 1 is 1.29 bits per heavy atom. The van der Waals surface area contributed by atoms with E-state index in [4.69, 9.17) is 0 Å². The minimum Gasteiger partial charge on any atom is -0.395 e. The van der Waals surface area contributed by atoms with Gasteiger partial charge >= 0.3 is 0 Å². The van der Waals surface area contributed by atoms with E-state index in [1.165, 1.54) is 5.56 Å². The topological polar surface area (TPSA) is 33.1 Å². The molecule has 0 spiro atoms. The molecular formula is C14H17NOS. The third kappa shape index (κ3) is 2.56. The Balaban J connectivity index is 2.32. The van der Waals surface area contributed by atoms with Crippen LogP contribution in [0, 0.1) is 0 Å². The number of nitrogens with zero attached hydrogens (tertiary/aromatic N) is 1. The van der Waals surface area contributed by atoms with E-state index in [0.717, 1.165) is 17.8 Å². The van der Waals surface area contributed by atoms with Gasteiger partial charge < -0.3 is 5.11 Å². The molecule has 0 aliphatic heterocycles. The first-order valence-corrected chi connectivity index (χ1v) is 6.73. The summed E-state index contributed by atoms with van der Waals surface area (Å²) < 4.78 is 0. The van der Waals surface area contributed by atoms with Crippen LogP contribution in [0.3, 0.4) is 0 Å². The van der Waals surface area contributed by atoms with Gasteiger partial charge in [-0.2, -0.15) is 0 Å². The lowest BCUT2D eigenvalue weighted by Crippen LogP contribution is -2.32. The van der Waals surface area contributed by atoms with Gasteiger partial charge in [-0.1, -0.05) is 37.3 Å². The number of thiazole rings is 1. The molecule has 0 saturated carbocycles. The lowest BCUT2D eigenvalue weighted by Gasteiger charge is -2.30. The quantitative estimate of drug-likeness (QED) is 0.881. The second-order valence-corrected chi connectivity index (χ2v) is 5.24. The Morgan fingerprint density at radius 2 is 2.06 bits per heavy atom. The second kappa shape index (κ2) is 5.43. The van der Waals surface area contributed by atoms with Crippen LogP contribution in [0.1, 0.15) is 23.9 Å². The van der Waals surface area contributed by atoms with Crippen LogP contribution in [0.4, 0.5) is 0 Å². The molecule has 1 unspecified atom stereocenters. The predicted octanol–water partition coefficient (Wildman–Crippen LogP) is 3.03. The molecule has 1 heterocycles. The molecule has 0 fully saturated rings. The van der Waals surface area contributed by atoms with E-state index >= 15 is 0 Å². The van der Waals surface area contributed by atoms with Crippen molar-refractivity contribution in [2.24, 2.45) is 0 Å². The minimum atomic E-state index is -0.195. The molecule has 2 rings (SSSR count). The number of hydrogen-bond acceptors (Lipinski definition) is 3. The van der Waals surface area contributed by atoms with E-state index in [0.29, 0.717) is 0 Å². The molecule has 90 valence electrons. The highest BCUT2D eigenvalue weighted by molar-refractivity contribution is 7.09. The zero-order valence-corrected chi connectivity index (χ0v) is 10.8. The van der Waals surface area contributed by atoms with Crippen molar-refractivity contribution in [3.8, 4) is 0 Å². The highest BCUT2D eigenvalue weighted by atomic mass is 32.1. The lowest BCUT2D eigenvalue weighted by molar-refractivity contribution is 0.186. The molecule has 17 heavy (non-hydrogen) atoms. The van der Waals surface area contributed by atoms with Gasteiger partial charge in [-0.15, -0.1) is 11.3 Å². The van der Waals surface area contributed by atoms with Gasteiger partial charge in [-0.25, -0.2) is 4.98 Å². The smallest absolute Gasteiger partial charge is 0.0934 e. The van der Waals surface area contributed by atoms with Crippen LogP contribution < -0.4 is 0 Å². The highest BCUT2D eigenvalue weighted by Crippen LogP contribution is 2.32. The molecule has 0 aliphatic carbocycles. The molecular weight excluding hydrogens is 230 g/mol. The van der Waals surface area contributed by atoms with Crippen LogP contribution in [-0.4, -0.2) is 16.7 Å². The minimum absolute atomic E-state index is 0.160. The molecule has 2 nitrogen and oxygen atoms in total. The van der Waals surface area contributed by atoms with Crippen molar-refractivity contribution in [1.29, 1.82) is 0 Å². The maximum absolute atomic E-state index is 9.81. The largest absolute Gasteiger partial charge is 0.395 e. The Morgan fingerprint density at radius 3 is 2.59 bits per heavy atom. The molecule has 1 aromatic heterocycles. The average Bonchev–Trinajstić information content (AvgIpc) is 2.90. The number of aliphatic hydroxyl groups is 1. The van der Waals surface area contributed by atoms with Gasteiger partial charge in [0.1, 0.15) is 0 Å². The van der Waals surface area contributed by atoms with E-state index < -0.39 is 0 Å². The van der Waals surface area contributed by atoms with Crippen molar-refractivity contribution in [2.75, 3.05) is 6.61 Å². The number of rotatable bonds is 5. The maximum atomic E-state index is 9.81. The Hall–Kier alpha value is -1.19. The van der Waals surface area contributed by atoms with Crippen LogP contribution in [0.5, 0.6) is 0 Å². The van der Waals surface area contributed by atoms with E-state index in [2.05, 4.69) is 24.0 Å². The number of benzene rings is 1. The van der Waals surface area contributed by atoms with Crippen molar-refractivity contribution < 1.29 is 5.11 Å². The lowest BCUT2D eigenvalue weighted by atomic mass is 9.76. The van der Waals surface area contributed by atoms with Crippen molar-refractivity contribution in [1.82, 2.24) is 4.98 Å². The summed E-state index contributed by atoms with van der Waals surface area (Å²) in [7, 11) is 0. The van der Waals surface area contributed by atoms with Gasteiger partial charge in [0.2, 0.25) is 0 Å². The molecule has 0 aliphatic rings. The van der Waals surface area contributed by atoms with Gasteiger partial charge in [-0.3, -0.25) is 0 Å². The van der Waals surface area contributed by atoms with E-state index in [9.17, 15) is 5.11 Å². The zero-order chi connectivity index (χ0) is 12.1. The first-order chi connectivity index (χ1) is 8.30. The summed E-state index contributed by atoms with van der Waals surface area (Å²) >= 11 is 1.65. The molecule has 0 bridgehead atoms. The standard InChI is InChI=1S/C14H17NOS/c1-2-14(11-16,10-13-15-8-9-17-13)12-6-4-3-5-7-12/h3-9,16H,2,10-11H2,1H3. The normalized spacial score (nSPS) is 14.5. The average molecular weight is 247 g/mol. The fraction of sp³-hybridized carbons (Fsp3) is 0.357. The molecule has 0 amide bonds. The second-order valence-electron chi connectivity index (χ2n) is 4.26. The van der Waals surface area contributed by atoms with E-state index in [1.54, 1.807) is 11.3 Å². The fourth-order valence-electron chi connectivity index (χ4n) is 2.11. The Kier molecular flexibility index (Phi) is 3.92. The van der Waals surface area contributed by atoms with E-state index in [-0.39, 0.29) is 12.0 Å². The predicted molar refractivity (Wildman–Crippen MR) is 71.3 cm³/mol. The van der Waals surface area contributed by atoms with Crippen molar-refractivity contribution in [3.05, 3.63) is 52.5 Å². The zero-order valence-electron chi connectivity index (χ0n) is 9.97. The number of aliphatic hydroxyl groups excluding tert-OH is 1. The van der Waals surface area contributed by atoms with Gasteiger partial charge in [0.25, 0.3) is 0 Å². The number of hydrogen-bond donors (Lipinski definition) is 1. The maximum Gasteiger partial charge on any atom is 0.0934 e. The van der Waals surface area contributed by atoms with Gasteiger partial charge in [0.15, 0.2) is 0 Å². The van der Waals surface area contributed by atoms with Gasteiger partial charge in [0.05, 0.1) is 11.6 Å². The van der Waals surface area contributed by atoms with Crippen molar-refractivity contribution >= 4 is 11.3 Å². The summed E-state index contributed by atoms with van der Waals surface area (Å²) in [6, 6.07) is 10.2. The fourth-order valence-corrected chi connectivity index (χ4v) is 2.87. The Labute approximate surface area is 106 Å². The summed E-state index contributed by atoms with van der Waals surface area (Å²) in [6.45, 7) is 2.28. The van der Waals surface area contributed by atoms with Gasteiger partial charge in [0, 0.05) is 23.4 Å². The van der Waals surface area contributed by atoms with Crippen LogP contribution in [-0.2, 0) is 11.8 Å². The Bertz CT molecular complexity index is 435. The summed E-state index contributed by atoms with van der Waals surface area (Å²) in [6.07, 6.45) is 3.54. The molecule has 2 aromatic rings. The van der Waals surface area contributed by atoms with Crippen molar-refractivity contribution in [2.45, 2.75) is 25.2 Å². The molecule has 1 N–H and O–H groups in total. The summed E-state index contributed by atoms with van der Waals surface area (Å²) in [5.74, 6) is 0. The van der Waals surface area contributed by atoms with Crippen LogP contribution in [0.15, 0.2) is 41.9 Å². The van der Waals surface area contributed by atoms with Gasteiger partial charge in [-0.05, 0) is 12.0 Å². The molecule has 3 heteroatoms. The van der Waals surface area contributed by atoms with Crippen LogP contribution in [0.25, 0.3) is 0 Å². The first-order valence-electron chi connectivity index (χ1n) is 5.85. The summed E-state index contributed by atoms with van der Waals surface area (Å²) in [5.41, 5.74) is 0.999. The van der Waals surface area contributed by atoms with Crippen LogP contribution in [0.2, 0.25) is 0 Å². The number of aromatic nitrogens is 1.